The molecule has 0 N–H and O–H groups in total. The number of rotatable bonds is 2. The van der Waals surface area contributed by atoms with Crippen LogP contribution in [-0.4, -0.2) is 48.2 Å². The smallest absolute Gasteiger partial charge is 0.219 e. The maximum absolute atomic E-state index is 11.4. The van der Waals surface area contributed by atoms with Gasteiger partial charge in [0.15, 0.2) is 5.13 Å². The molecule has 1 aliphatic heterocycles. The molecule has 3 rings (SSSR count). The lowest BCUT2D eigenvalue weighted by molar-refractivity contribution is -0.129. The molecule has 1 aromatic carbocycles. The number of carbonyl (C=O) groups is 1. The van der Waals surface area contributed by atoms with Gasteiger partial charge in [-0.15, -0.1) is 24.2 Å². The Morgan fingerprint density at radius 2 is 2.00 bits per heavy atom. The Bertz CT molecular complexity index is 638. The Kier molecular flexibility index (Phi) is 5.35. The van der Waals surface area contributed by atoms with Gasteiger partial charge < -0.3 is 9.80 Å². The van der Waals surface area contributed by atoms with Crippen molar-refractivity contribution in [1.29, 1.82) is 0 Å². The van der Waals surface area contributed by atoms with Gasteiger partial charge >= 0.3 is 0 Å². The molecule has 1 aliphatic rings. The fraction of sp³-hybridized carbons (Fsp3) is 0.429. The summed E-state index contributed by atoms with van der Waals surface area (Å²) in [7, 11) is 0. The third kappa shape index (κ3) is 3.27. The van der Waals surface area contributed by atoms with Crippen LogP contribution in [0.3, 0.4) is 0 Å². The van der Waals surface area contributed by atoms with E-state index >= 15 is 0 Å². The lowest BCUT2D eigenvalue weighted by atomic mass is 10.3. The van der Waals surface area contributed by atoms with E-state index in [1.54, 1.807) is 30.0 Å². The molecular weight excluding hydrogens is 326 g/mol. The molecule has 114 valence electrons. The number of nitrogens with zero attached hydrogens (tertiary/aromatic N) is 3. The van der Waals surface area contributed by atoms with Gasteiger partial charge in [0.1, 0.15) is 0 Å². The van der Waals surface area contributed by atoms with Crippen molar-refractivity contribution in [3.63, 3.8) is 0 Å². The predicted molar refractivity (Wildman–Crippen MR) is 93.1 cm³/mol. The number of fused-ring (bicyclic) bond motifs is 1. The van der Waals surface area contributed by atoms with Crippen molar-refractivity contribution in [1.82, 2.24) is 9.88 Å². The average Bonchev–Trinajstić information content (AvgIpc) is 2.91. The van der Waals surface area contributed by atoms with Crippen LogP contribution in [0.15, 0.2) is 23.1 Å². The number of hydrogen-bond donors (Lipinski definition) is 0. The molecule has 1 fully saturated rings. The topological polar surface area (TPSA) is 36.4 Å². The molecule has 0 radical (unpaired) electrons. The van der Waals surface area contributed by atoms with Crippen molar-refractivity contribution < 1.29 is 4.79 Å². The standard InChI is InChI=1S/C14H17N3OS2.ClH/c1-10(18)16-6-8-17(9-7-16)14-15-13-11(19-2)4-3-5-12(13)20-14;/h3-5H,6-9H2,1-2H3;1H. The minimum Gasteiger partial charge on any atom is -0.345 e. The molecular formula is C14H18ClN3OS2. The van der Waals surface area contributed by atoms with Gasteiger partial charge in [-0.05, 0) is 18.4 Å². The van der Waals surface area contributed by atoms with Crippen molar-refractivity contribution >= 4 is 56.8 Å². The summed E-state index contributed by atoms with van der Waals surface area (Å²) in [5, 5.41) is 1.07. The summed E-state index contributed by atoms with van der Waals surface area (Å²) in [6.07, 6.45) is 2.08. The second-order valence-electron chi connectivity index (χ2n) is 4.80. The van der Waals surface area contributed by atoms with Crippen molar-refractivity contribution in [2.75, 3.05) is 37.3 Å². The third-order valence-corrected chi connectivity index (χ3v) is 5.44. The first-order chi connectivity index (χ1) is 9.69. The van der Waals surface area contributed by atoms with Crippen LogP contribution in [0.2, 0.25) is 0 Å². The first-order valence-corrected chi connectivity index (χ1v) is 8.67. The molecule has 0 unspecified atom stereocenters. The number of benzene rings is 1. The molecule has 1 saturated heterocycles. The van der Waals surface area contributed by atoms with E-state index in [1.165, 1.54) is 9.60 Å². The van der Waals surface area contributed by atoms with E-state index in [4.69, 9.17) is 4.98 Å². The highest BCUT2D eigenvalue weighted by Crippen LogP contribution is 2.34. The number of thioether (sulfide) groups is 1. The van der Waals surface area contributed by atoms with Crippen LogP contribution < -0.4 is 4.90 Å². The summed E-state index contributed by atoms with van der Waals surface area (Å²) in [4.78, 5) is 21.6. The Morgan fingerprint density at radius 1 is 1.29 bits per heavy atom. The monoisotopic (exact) mass is 343 g/mol. The van der Waals surface area contributed by atoms with Gasteiger partial charge in [-0.3, -0.25) is 4.79 Å². The maximum atomic E-state index is 11.4. The van der Waals surface area contributed by atoms with Crippen molar-refractivity contribution in [3.05, 3.63) is 18.2 Å². The number of aromatic nitrogens is 1. The Balaban J connectivity index is 0.00000161. The van der Waals surface area contributed by atoms with Crippen molar-refractivity contribution in [2.24, 2.45) is 0 Å². The average molecular weight is 344 g/mol. The number of anilines is 1. The summed E-state index contributed by atoms with van der Waals surface area (Å²) in [5.41, 5.74) is 1.11. The van der Waals surface area contributed by atoms with E-state index < -0.39 is 0 Å². The molecule has 0 spiro atoms. The van der Waals surface area contributed by atoms with Gasteiger partial charge in [0.05, 0.1) is 10.2 Å². The predicted octanol–water partition coefficient (Wildman–Crippen LogP) is 3.11. The number of hydrogen-bond acceptors (Lipinski definition) is 5. The fourth-order valence-corrected chi connectivity index (χ4v) is 4.10. The molecule has 21 heavy (non-hydrogen) atoms. The van der Waals surface area contributed by atoms with Crippen LogP contribution in [0.25, 0.3) is 10.2 Å². The van der Waals surface area contributed by atoms with E-state index in [0.717, 1.165) is 36.8 Å². The largest absolute Gasteiger partial charge is 0.345 e. The van der Waals surface area contributed by atoms with E-state index in [0.29, 0.717) is 0 Å². The van der Waals surface area contributed by atoms with E-state index in [9.17, 15) is 4.79 Å². The normalized spacial score (nSPS) is 15.1. The van der Waals surface area contributed by atoms with Gasteiger partial charge in [-0.1, -0.05) is 17.4 Å². The first-order valence-electron chi connectivity index (χ1n) is 6.63. The van der Waals surface area contributed by atoms with Gasteiger partial charge in [0, 0.05) is 38.0 Å². The SMILES string of the molecule is CSc1cccc2sc(N3CCN(C(C)=O)CC3)nc12.Cl. The van der Waals surface area contributed by atoms with Gasteiger partial charge in [-0.25, -0.2) is 4.98 Å². The van der Waals surface area contributed by atoms with E-state index in [2.05, 4.69) is 29.4 Å². The zero-order chi connectivity index (χ0) is 14.1. The van der Waals surface area contributed by atoms with Gasteiger partial charge in [0.2, 0.25) is 5.91 Å². The molecule has 1 aromatic heterocycles. The summed E-state index contributed by atoms with van der Waals surface area (Å²) in [5.74, 6) is 0.165. The number of halogens is 1. The molecule has 7 heteroatoms. The van der Waals surface area contributed by atoms with Crippen LogP contribution in [0, 0.1) is 0 Å². The van der Waals surface area contributed by atoms with Crippen LogP contribution in [-0.2, 0) is 4.79 Å². The molecule has 0 aliphatic carbocycles. The van der Waals surface area contributed by atoms with Crippen LogP contribution in [0.1, 0.15) is 6.92 Å². The molecule has 0 saturated carbocycles. The Morgan fingerprint density at radius 3 is 2.62 bits per heavy atom. The van der Waals surface area contributed by atoms with Crippen molar-refractivity contribution in [2.45, 2.75) is 11.8 Å². The minimum absolute atomic E-state index is 0. The number of carbonyl (C=O) groups excluding carboxylic acids is 1. The van der Waals surface area contributed by atoms with Crippen LogP contribution >= 0.6 is 35.5 Å². The van der Waals surface area contributed by atoms with Crippen LogP contribution in [0.4, 0.5) is 5.13 Å². The fourth-order valence-electron chi connectivity index (χ4n) is 2.42. The Hall–Kier alpha value is -0.980. The number of piperazine rings is 1. The zero-order valence-electron chi connectivity index (χ0n) is 12.0. The van der Waals surface area contributed by atoms with Gasteiger partial charge in [-0.2, -0.15) is 0 Å². The molecule has 1 amide bonds. The van der Waals surface area contributed by atoms with E-state index in [-0.39, 0.29) is 18.3 Å². The quantitative estimate of drug-likeness (QED) is 0.785. The second kappa shape index (κ2) is 6.85. The lowest BCUT2D eigenvalue weighted by Gasteiger charge is -2.33. The number of amides is 1. The summed E-state index contributed by atoms with van der Waals surface area (Å²) in [6.45, 7) is 4.96. The molecule has 4 nitrogen and oxygen atoms in total. The highest BCUT2D eigenvalue weighted by molar-refractivity contribution is 7.98. The minimum atomic E-state index is 0. The molecule has 2 aromatic rings. The molecule has 0 atom stereocenters. The highest BCUT2D eigenvalue weighted by atomic mass is 35.5. The summed E-state index contributed by atoms with van der Waals surface area (Å²) >= 11 is 3.48. The van der Waals surface area contributed by atoms with Gasteiger partial charge in [0.25, 0.3) is 0 Å². The molecule has 2 heterocycles. The highest BCUT2D eigenvalue weighted by Gasteiger charge is 2.21. The molecule has 0 bridgehead atoms. The van der Waals surface area contributed by atoms with Crippen LogP contribution in [0.5, 0.6) is 0 Å². The Labute approximate surface area is 138 Å². The number of thiazole rings is 1. The van der Waals surface area contributed by atoms with E-state index in [1.807, 2.05) is 4.90 Å². The maximum Gasteiger partial charge on any atom is 0.219 e. The zero-order valence-corrected chi connectivity index (χ0v) is 14.5. The first kappa shape index (κ1) is 16.4. The number of para-hydroxylation sites is 1. The third-order valence-electron chi connectivity index (χ3n) is 3.59. The second-order valence-corrected chi connectivity index (χ2v) is 6.65. The lowest BCUT2D eigenvalue weighted by Crippen LogP contribution is -2.48. The summed E-state index contributed by atoms with van der Waals surface area (Å²) < 4.78 is 1.24. The van der Waals surface area contributed by atoms with Crippen molar-refractivity contribution in [3.8, 4) is 0 Å². The summed E-state index contributed by atoms with van der Waals surface area (Å²) in [6, 6.07) is 6.33.